The van der Waals surface area contributed by atoms with E-state index >= 15 is 0 Å². The van der Waals surface area contributed by atoms with Gasteiger partial charge in [-0.25, -0.2) is 0 Å². The number of hydrogen-bond donors (Lipinski definition) is 2. The number of ether oxygens (including phenoxy) is 1. The van der Waals surface area contributed by atoms with Gasteiger partial charge in [0.2, 0.25) is 5.91 Å². The molecule has 19 heavy (non-hydrogen) atoms. The second-order valence-electron chi connectivity index (χ2n) is 5.25. The van der Waals surface area contributed by atoms with E-state index in [2.05, 4.69) is 5.32 Å². The van der Waals surface area contributed by atoms with Crippen molar-refractivity contribution in [2.75, 3.05) is 26.2 Å². The molecule has 2 aliphatic rings. The number of morpholine rings is 1. The Morgan fingerprint density at radius 3 is 2.63 bits per heavy atom. The molecule has 2 fully saturated rings. The number of carbonyl (C=O) groups excluding carboxylic acids is 1. The summed E-state index contributed by atoms with van der Waals surface area (Å²) in [5, 5.41) is 12.1. The molecule has 0 aromatic carbocycles. The van der Waals surface area contributed by atoms with Crippen LogP contribution in [0.15, 0.2) is 0 Å². The van der Waals surface area contributed by atoms with Crippen LogP contribution in [0, 0.1) is 0 Å². The number of amides is 1. The Kier molecular flexibility index (Phi) is 5.15. The van der Waals surface area contributed by atoms with Crippen molar-refractivity contribution in [1.29, 1.82) is 0 Å². The molecule has 0 aromatic heterocycles. The van der Waals surface area contributed by atoms with Gasteiger partial charge in [0.05, 0.1) is 19.1 Å². The predicted octanol–water partition coefficient (Wildman–Crippen LogP) is 0.221. The molecule has 6 nitrogen and oxygen atoms in total. The molecule has 108 valence electrons. The van der Waals surface area contributed by atoms with Crippen LogP contribution < -0.4 is 5.32 Å². The Bertz CT molecular complexity index is 323. The first kappa shape index (κ1) is 14.3. The van der Waals surface area contributed by atoms with Gasteiger partial charge >= 0.3 is 5.97 Å². The van der Waals surface area contributed by atoms with Crippen molar-refractivity contribution in [2.24, 2.45) is 0 Å². The molecule has 1 unspecified atom stereocenters. The Balaban J connectivity index is 1.91. The van der Waals surface area contributed by atoms with E-state index in [9.17, 15) is 9.59 Å². The fourth-order valence-electron chi connectivity index (χ4n) is 2.85. The molecule has 0 radical (unpaired) electrons. The van der Waals surface area contributed by atoms with Crippen LogP contribution in [0.3, 0.4) is 0 Å². The molecule has 2 rings (SSSR count). The third kappa shape index (κ3) is 4.18. The number of rotatable bonds is 5. The topological polar surface area (TPSA) is 78.9 Å². The van der Waals surface area contributed by atoms with Gasteiger partial charge in [-0.3, -0.25) is 9.59 Å². The summed E-state index contributed by atoms with van der Waals surface area (Å²) in [7, 11) is 0. The van der Waals surface area contributed by atoms with Gasteiger partial charge < -0.3 is 20.1 Å². The first-order chi connectivity index (χ1) is 9.16. The largest absolute Gasteiger partial charge is 0.480 e. The van der Waals surface area contributed by atoms with E-state index in [-0.39, 0.29) is 31.0 Å². The molecule has 1 atom stereocenters. The van der Waals surface area contributed by atoms with E-state index in [0.29, 0.717) is 13.2 Å². The van der Waals surface area contributed by atoms with Crippen LogP contribution >= 0.6 is 0 Å². The maximum absolute atomic E-state index is 12.3. The van der Waals surface area contributed by atoms with Crippen LogP contribution in [0.5, 0.6) is 0 Å². The number of nitrogens with zero attached hydrogens (tertiary/aromatic N) is 1. The third-order valence-electron chi connectivity index (χ3n) is 3.80. The van der Waals surface area contributed by atoms with Crippen molar-refractivity contribution >= 4 is 11.9 Å². The van der Waals surface area contributed by atoms with E-state index in [1.54, 1.807) is 0 Å². The fourth-order valence-corrected chi connectivity index (χ4v) is 2.85. The number of nitrogens with one attached hydrogen (secondary N) is 1. The van der Waals surface area contributed by atoms with Gasteiger partial charge in [-0.15, -0.1) is 0 Å². The highest BCUT2D eigenvalue weighted by atomic mass is 16.5. The van der Waals surface area contributed by atoms with Gasteiger partial charge in [0, 0.05) is 19.1 Å². The summed E-state index contributed by atoms with van der Waals surface area (Å²) in [5.74, 6) is -1.04. The summed E-state index contributed by atoms with van der Waals surface area (Å²) >= 11 is 0. The van der Waals surface area contributed by atoms with Crippen LogP contribution in [0.25, 0.3) is 0 Å². The van der Waals surface area contributed by atoms with Crippen LogP contribution in [0.4, 0.5) is 0 Å². The predicted molar refractivity (Wildman–Crippen MR) is 68.8 cm³/mol. The SMILES string of the molecule is O=C(O)CN(C(=O)CC1CNCCO1)C1CCCC1. The second kappa shape index (κ2) is 6.86. The van der Waals surface area contributed by atoms with Gasteiger partial charge in [-0.2, -0.15) is 0 Å². The molecule has 6 heteroatoms. The standard InChI is InChI=1S/C13H22N2O4/c16-12(7-11-8-14-5-6-19-11)15(9-13(17)18)10-3-1-2-4-10/h10-11,14H,1-9H2,(H,17,18). The lowest BCUT2D eigenvalue weighted by atomic mass is 10.1. The maximum Gasteiger partial charge on any atom is 0.323 e. The van der Waals surface area contributed by atoms with E-state index in [1.165, 1.54) is 4.90 Å². The lowest BCUT2D eigenvalue weighted by Gasteiger charge is -2.30. The lowest BCUT2D eigenvalue weighted by Crippen LogP contribution is -2.46. The number of carbonyl (C=O) groups is 2. The molecular formula is C13H22N2O4. The normalized spacial score (nSPS) is 24.3. The Hall–Kier alpha value is -1.14. The summed E-state index contributed by atoms with van der Waals surface area (Å²) in [5.41, 5.74) is 0. The molecule has 0 aromatic rings. The van der Waals surface area contributed by atoms with Crippen LogP contribution in [-0.2, 0) is 14.3 Å². The van der Waals surface area contributed by atoms with Crippen LogP contribution in [0.1, 0.15) is 32.1 Å². The minimum Gasteiger partial charge on any atom is -0.480 e. The molecule has 1 aliphatic heterocycles. The fraction of sp³-hybridized carbons (Fsp3) is 0.846. The number of carboxylic acids is 1. The molecule has 1 heterocycles. The Labute approximate surface area is 113 Å². The average molecular weight is 270 g/mol. The first-order valence-electron chi connectivity index (χ1n) is 7.00. The molecule has 0 bridgehead atoms. The smallest absolute Gasteiger partial charge is 0.323 e. The maximum atomic E-state index is 12.3. The van der Waals surface area contributed by atoms with Crippen molar-refractivity contribution in [3.05, 3.63) is 0 Å². The lowest BCUT2D eigenvalue weighted by molar-refractivity contribution is -0.147. The second-order valence-corrected chi connectivity index (χ2v) is 5.25. The minimum atomic E-state index is -0.942. The van der Waals surface area contributed by atoms with Crippen molar-refractivity contribution in [3.63, 3.8) is 0 Å². The van der Waals surface area contributed by atoms with Crippen molar-refractivity contribution in [2.45, 2.75) is 44.2 Å². The molecule has 2 N–H and O–H groups in total. The summed E-state index contributed by atoms with van der Waals surface area (Å²) in [4.78, 5) is 24.7. The van der Waals surface area contributed by atoms with E-state index in [1.807, 2.05) is 0 Å². The third-order valence-corrected chi connectivity index (χ3v) is 3.80. The Morgan fingerprint density at radius 2 is 2.05 bits per heavy atom. The van der Waals surface area contributed by atoms with Crippen molar-refractivity contribution in [3.8, 4) is 0 Å². The Morgan fingerprint density at radius 1 is 1.32 bits per heavy atom. The summed E-state index contributed by atoms with van der Waals surface area (Å²) in [6.45, 7) is 1.90. The molecule has 1 saturated heterocycles. The summed E-state index contributed by atoms with van der Waals surface area (Å²) in [6.07, 6.45) is 4.15. The van der Waals surface area contributed by atoms with E-state index in [4.69, 9.17) is 9.84 Å². The highest BCUT2D eigenvalue weighted by Crippen LogP contribution is 2.24. The van der Waals surface area contributed by atoms with E-state index < -0.39 is 5.97 Å². The van der Waals surface area contributed by atoms with Crippen LogP contribution in [-0.4, -0.2) is 60.3 Å². The summed E-state index contributed by atoms with van der Waals surface area (Å²) < 4.78 is 5.51. The van der Waals surface area contributed by atoms with Gasteiger partial charge in [0.1, 0.15) is 6.54 Å². The van der Waals surface area contributed by atoms with Crippen LogP contribution in [0.2, 0.25) is 0 Å². The van der Waals surface area contributed by atoms with Gasteiger partial charge in [0.15, 0.2) is 0 Å². The number of hydrogen-bond acceptors (Lipinski definition) is 4. The zero-order chi connectivity index (χ0) is 13.7. The zero-order valence-corrected chi connectivity index (χ0v) is 11.1. The van der Waals surface area contributed by atoms with Gasteiger partial charge in [-0.1, -0.05) is 12.8 Å². The minimum absolute atomic E-state index is 0.0944. The van der Waals surface area contributed by atoms with Gasteiger partial charge in [0.25, 0.3) is 0 Å². The summed E-state index contributed by atoms with van der Waals surface area (Å²) in [6, 6.07) is 0.0974. The van der Waals surface area contributed by atoms with E-state index in [0.717, 1.165) is 32.2 Å². The first-order valence-corrected chi connectivity index (χ1v) is 7.00. The van der Waals surface area contributed by atoms with Crippen molar-refractivity contribution < 1.29 is 19.4 Å². The molecular weight excluding hydrogens is 248 g/mol. The zero-order valence-electron chi connectivity index (χ0n) is 11.1. The highest BCUT2D eigenvalue weighted by molar-refractivity contribution is 5.82. The number of carboxylic acid groups (broad SMARTS) is 1. The monoisotopic (exact) mass is 270 g/mol. The van der Waals surface area contributed by atoms with Crippen molar-refractivity contribution in [1.82, 2.24) is 10.2 Å². The average Bonchev–Trinajstić information content (AvgIpc) is 2.90. The highest BCUT2D eigenvalue weighted by Gasteiger charge is 2.30. The van der Waals surface area contributed by atoms with Gasteiger partial charge in [-0.05, 0) is 12.8 Å². The molecule has 1 saturated carbocycles. The molecule has 1 amide bonds. The molecule has 1 aliphatic carbocycles. The number of aliphatic carboxylic acids is 1. The molecule has 0 spiro atoms. The quantitative estimate of drug-likeness (QED) is 0.747.